The molecule has 0 aromatic heterocycles. The molecule has 0 atom stereocenters. The van der Waals surface area contributed by atoms with E-state index in [1.165, 1.54) is 30.4 Å². The number of nitrogens with one attached hydrogen (secondary N) is 1. The molecule has 0 saturated carbocycles. The molecule has 1 aliphatic heterocycles. The van der Waals surface area contributed by atoms with Crippen LogP contribution in [-0.4, -0.2) is 24.9 Å². The smallest absolute Gasteiger partial charge is 0.399 e. The largest absolute Gasteiger partial charge is 0.494 e. The molecule has 0 bridgehead atoms. The van der Waals surface area contributed by atoms with E-state index in [1.807, 2.05) is 0 Å². The third-order valence-corrected chi connectivity index (χ3v) is 5.17. The van der Waals surface area contributed by atoms with Crippen LogP contribution in [0.5, 0.6) is 0 Å². The van der Waals surface area contributed by atoms with E-state index in [2.05, 4.69) is 65.1 Å². The van der Waals surface area contributed by atoms with Gasteiger partial charge in [-0.05, 0) is 64.2 Å². The van der Waals surface area contributed by atoms with Crippen molar-refractivity contribution in [1.82, 2.24) is 5.32 Å². The van der Waals surface area contributed by atoms with Gasteiger partial charge in [-0.1, -0.05) is 38.0 Å². The minimum atomic E-state index is -0.291. The summed E-state index contributed by atoms with van der Waals surface area (Å²) in [7, 11) is -0.278. The topological polar surface area (TPSA) is 30.5 Å². The molecule has 0 radical (unpaired) electrons. The van der Waals surface area contributed by atoms with E-state index in [-0.39, 0.29) is 18.3 Å². The van der Waals surface area contributed by atoms with Crippen LogP contribution in [-0.2, 0) is 15.9 Å². The van der Waals surface area contributed by atoms with Crippen molar-refractivity contribution in [2.75, 3.05) is 6.54 Å². The zero-order valence-corrected chi connectivity index (χ0v) is 15.7. The minimum Gasteiger partial charge on any atom is -0.399 e. The van der Waals surface area contributed by atoms with Gasteiger partial charge in [-0.2, -0.15) is 0 Å². The van der Waals surface area contributed by atoms with E-state index in [1.54, 1.807) is 0 Å². The van der Waals surface area contributed by atoms with Crippen molar-refractivity contribution < 1.29 is 9.31 Å². The van der Waals surface area contributed by atoms with E-state index in [4.69, 9.17) is 9.31 Å². The molecule has 1 heterocycles. The van der Waals surface area contributed by atoms with Gasteiger partial charge >= 0.3 is 7.12 Å². The summed E-state index contributed by atoms with van der Waals surface area (Å²) in [4.78, 5) is 0. The molecule has 1 aromatic carbocycles. The number of aryl methyl sites for hydroxylation is 1. The highest BCUT2D eigenvalue weighted by atomic mass is 16.7. The molecule has 1 aromatic rings. The average molecular weight is 317 g/mol. The Morgan fingerprint density at radius 2 is 1.70 bits per heavy atom. The predicted octanol–water partition coefficient (Wildman–Crippen LogP) is 3.57. The summed E-state index contributed by atoms with van der Waals surface area (Å²) in [5, 5.41) is 3.55. The van der Waals surface area contributed by atoms with E-state index in [0.29, 0.717) is 0 Å². The van der Waals surface area contributed by atoms with Crippen LogP contribution in [0.2, 0.25) is 0 Å². The van der Waals surface area contributed by atoms with Crippen molar-refractivity contribution in [3.63, 3.8) is 0 Å². The van der Waals surface area contributed by atoms with Crippen LogP contribution in [0.4, 0.5) is 0 Å². The lowest BCUT2D eigenvalue weighted by atomic mass is 9.78. The van der Waals surface area contributed by atoms with Crippen LogP contribution < -0.4 is 10.8 Å². The van der Waals surface area contributed by atoms with E-state index in [0.717, 1.165) is 18.6 Å². The van der Waals surface area contributed by atoms with Crippen LogP contribution >= 0.6 is 0 Å². The average Bonchev–Trinajstić information content (AvgIpc) is 2.69. The molecule has 0 amide bonds. The Labute approximate surface area is 142 Å². The maximum absolute atomic E-state index is 6.16. The van der Waals surface area contributed by atoms with Crippen LogP contribution in [0, 0.1) is 6.92 Å². The third-order valence-electron chi connectivity index (χ3n) is 5.17. The van der Waals surface area contributed by atoms with Gasteiger partial charge in [0.25, 0.3) is 0 Å². The van der Waals surface area contributed by atoms with E-state index >= 15 is 0 Å². The molecule has 1 fully saturated rings. The summed E-state index contributed by atoms with van der Waals surface area (Å²) in [6.07, 6.45) is 3.80. The highest BCUT2D eigenvalue weighted by molar-refractivity contribution is 6.62. The first kappa shape index (κ1) is 18.5. The van der Waals surface area contributed by atoms with Crippen LogP contribution in [0.1, 0.15) is 65.0 Å². The van der Waals surface area contributed by atoms with Crippen molar-refractivity contribution in [1.29, 1.82) is 0 Å². The van der Waals surface area contributed by atoms with Gasteiger partial charge in [0.15, 0.2) is 0 Å². The molecule has 1 saturated heterocycles. The number of hydrogen-bond acceptors (Lipinski definition) is 3. The van der Waals surface area contributed by atoms with Crippen molar-refractivity contribution >= 4 is 12.6 Å². The Hall–Kier alpha value is -0.835. The maximum Gasteiger partial charge on any atom is 0.494 e. The standard InChI is InChI=1S/C19H32BNO2/c1-7-8-9-12-21-14-16-13-17(11-10-15(16)2)20-22-18(3,4)19(5,6)23-20/h10-11,13,21H,7-9,12,14H2,1-6H3. The van der Waals surface area contributed by atoms with Crippen LogP contribution in [0.15, 0.2) is 18.2 Å². The van der Waals surface area contributed by atoms with Gasteiger partial charge in [0, 0.05) is 6.54 Å². The monoisotopic (exact) mass is 317 g/mol. The van der Waals surface area contributed by atoms with Crippen molar-refractivity contribution in [2.45, 2.75) is 78.6 Å². The summed E-state index contributed by atoms with van der Waals surface area (Å²) in [6, 6.07) is 6.52. The summed E-state index contributed by atoms with van der Waals surface area (Å²) in [5.74, 6) is 0. The Morgan fingerprint density at radius 1 is 1.04 bits per heavy atom. The quantitative estimate of drug-likeness (QED) is 0.616. The van der Waals surface area contributed by atoms with Crippen molar-refractivity contribution in [3.8, 4) is 0 Å². The fourth-order valence-corrected chi connectivity index (χ4v) is 2.73. The third kappa shape index (κ3) is 4.37. The summed E-state index contributed by atoms with van der Waals surface area (Å²) in [5.41, 5.74) is 3.17. The molecule has 128 valence electrons. The summed E-state index contributed by atoms with van der Waals surface area (Å²) in [6.45, 7) is 14.8. The van der Waals surface area contributed by atoms with Gasteiger partial charge < -0.3 is 14.6 Å². The lowest BCUT2D eigenvalue weighted by Crippen LogP contribution is -2.41. The Bertz CT molecular complexity index is 512. The molecule has 23 heavy (non-hydrogen) atoms. The second-order valence-electron chi connectivity index (χ2n) is 7.66. The molecule has 1 N–H and O–H groups in total. The first-order chi connectivity index (χ1) is 10.8. The highest BCUT2D eigenvalue weighted by Crippen LogP contribution is 2.36. The van der Waals surface area contributed by atoms with E-state index in [9.17, 15) is 0 Å². The minimum absolute atomic E-state index is 0.278. The van der Waals surface area contributed by atoms with Gasteiger partial charge in [-0.15, -0.1) is 0 Å². The highest BCUT2D eigenvalue weighted by Gasteiger charge is 2.51. The number of unbranched alkanes of at least 4 members (excludes halogenated alkanes) is 2. The summed E-state index contributed by atoms with van der Waals surface area (Å²) >= 11 is 0. The Morgan fingerprint density at radius 3 is 2.30 bits per heavy atom. The first-order valence-corrected chi connectivity index (χ1v) is 8.92. The SMILES string of the molecule is CCCCCNCc1cc(B2OC(C)(C)C(C)(C)O2)ccc1C. The van der Waals surface area contributed by atoms with Crippen molar-refractivity contribution in [2.24, 2.45) is 0 Å². The lowest BCUT2D eigenvalue weighted by molar-refractivity contribution is 0.00578. The molecular weight excluding hydrogens is 285 g/mol. The first-order valence-electron chi connectivity index (χ1n) is 8.92. The van der Waals surface area contributed by atoms with Gasteiger partial charge in [-0.25, -0.2) is 0 Å². The summed E-state index contributed by atoms with van der Waals surface area (Å²) < 4.78 is 12.3. The van der Waals surface area contributed by atoms with Gasteiger partial charge in [-0.3, -0.25) is 0 Å². The van der Waals surface area contributed by atoms with Crippen molar-refractivity contribution in [3.05, 3.63) is 29.3 Å². The zero-order chi connectivity index (χ0) is 17.1. The lowest BCUT2D eigenvalue weighted by Gasteiger charge is -2.32. The maximum atomic E-state index is 6.16. The second-order valence-corrected chi connectivity index (χ2v) is 7.66. The predicted molar refractivity (Wildman–Crippen MR) is 98.1 cm³/mol. The normalized spacial score (nSPS) is 19.3. The van der Waals surface area contributed by atoms with E-state index < -0.39 is 0 Å². The molecule has 4 heteroatoms. The van der Waals surface area contributed by atoms with Crippen LogP contribution in [0.3, 0.4) is 0 Å². The van der Waals surface area contributed by atoms with Gasteiger partial charge in [0.1, 0.15) is 0 Å². The number of rotatable bonds is 7. The fourth-order valence-electron chi connectivity index (χ4n) is 2.73. The molecule has 2 rings (SSSR count). The molecule has 0 aliphatic carbocycles. The Balaban J connectivity index is 2.03. The zero-order valence-electron chi connectivity index (χ0n) is 15.7. The molecule has 0 unspecified atom stereocenters. The van der Waals surface area contributed by atoms with Gasteiger partial charge in [0.2, 0.25) is 0 Å². The molecule has 3 nitrogen and oxygen atoms in total. The molecule has 0 spiro atoms. The van der Waals surface area contributed by atoms with Crippen LogP contribution in [0.25, 0.3) is 0 Å². The second kappa shape index (κ2) is 7.37. The molecular formula is C19H32BNO2. The number of hydrogen-bond donors (Lipinski definition) is 1. The number of benzene rings is 1. The fraction of sp³-hybridized carbons (Fsp3) is 0.684. The molecule has 1 aliphatic rings. The Kier molecular flexibility index (Phi) is 5.93. The van der Waals surface area contributed by atoms with Gasteiger partial charge in [0.05, 0.1) is 11.2 Å².